The lowest BCUT2D eigenvalue weighted by Gasteiger charge is -2.18. The van der Waals surface area contributed by atoms with Crippen molar-refractivity contribution in [3.63, 3.8) is 0 Å². The summed E-state index contributed by atoms with van der Waals surface area (Å²) in [5.74, 6) is 0.00876. The molecule has 2 rings (SSSR count). The van der Waals surface area contributed by atoms with Crippen LogP contribution in [0.2, 0.25) is 5.02 Å². The van der Waals surface area contributed by atoms with Crippen molar-refractivity contribution < 1.29 is 4.79 Å². The number of amides is 1. The highest BCUT2D eigenvalue weighted by atomic mass is 35.5. The number of aryl methyl sites for hydroxylation is 1. The molecular weight excluding hydrogens is 320 g/mol. The van der Waals surface area contributed by atoms with Crippen LogP contribution in [0, 0.1) is 0 Å². The molecule has 0 aromatic heterocycles. The first kappa shape index (κ1) is 18.5. The maximum atomic E-state index is 12.1. The Labute approximate surface area is 149 Å². The molecule has 1 amide bonds. The van der Waals surface area contributed by atoms with Gasteiger partial charge in [0.15, 0.2) is 0 Å². The summed E-state index contributed by atoms with van der Waals surface area (Å²) >= 11 is 6.18. The van der Waals surface area contributed by atoms with Crippen LogP contribution in [0.4, 0.5) is 0 Å². The molecule has 24 heavy (non-hydrogen) atoms. The first-order valence-electron chi connectivity index (χ1n) is 8.37. The van der Waals surface area contributed by atoms with Crippen molar-refractivity contribution in [2.24, 2.45) is 0 Å². The molecule has 2 atom stereocenters. The predicted molar refractivity (Wildman–Crippen MR) is 100 cm³/mol. The predicted octanol–water partition coefficient (Wildman–Crippen LogP) is 4.13. The lowest BCUT2D eigenvalue weighted by molar-refractivity contribution is -0.121. The molecule has 0 aliphatic heterocycles. The van der Waals surface area contributed by atoms with Gasteiger partial charge in [0.1, 0.15) is 0 Å². The molecular formula is C20H25ClN2O. The van der Waals surface area contributed by atoms with E-state index in [-0.39, 0.29) is 24.5 Å². The number of carbonyl (C=O) groups is 1. The SMILES string of the molecule is C[C@H](NCC(=O)N[C@@H](C)CCc1ccccc1)c1ccccc1Cl. The number of halogens is 1. The second-order valence-electron chi connectivity index (χ2n) is 6.12. The molecule has 4 heteroatoms. The Morgan fingerprint density at radius 3 is 2.42 bits per heavy atom. The van der Waals surface area contributed by atoms with Crippen LogP contribution in [0.15, 0.2) is 54.6 Å². The summed E-state index contributed by atoms with van der Waals surface area (Å²) in [7, 11) is 0. The standard InChI is InChI=1S/C20H25ClN2O/c1-15(12-13-17-8-4-3-5-9-17)23-20(24)14-22-16(2)18-10-6-7-11-19(18)21/h3-11,15-16,22H,12-14H2,1-2H3,(H,23,24)/t15-,16-/m0/s1. The average Bonchev–Trinajstić information content (AvgIpc) is 2.59. The fourth-order valence-corrected chi connectivity index (χ4v) is 2.91. The normalized spacial score (nSPS) is 13.3. The number of hydrogen-bond donors (Lipinski definition) is 2. The zero-order valence-electron chi connectivity index (χ0n) is 14.3. The van der Waals surface area contributed by atoms with E-state index in [1.165, 1.54) is 5.56 Å². The van der Waals surface area contributed by atoms with Gasteiger partial charge in [-0.15, -0.1) is 0 Å². The fraction of sp³-hybridized carbons (Fsp3) is 0.350. The van der Waals surface area contributed by atoms with E-state index in [1.54, 1.807) is 0 Å². The first-order chi connectivity index (χ1) is 11.6. The summed E-state index contributed by atoms with van der Waals surface area (Å²) in [6.45, 7) is 4.33. The Hall–Kier alpha value is -1.84. The van der Waals surface area contributed by atoms with Gasteiger partial charge in [-0.3, -0.25) is 4.79 Å². The smallest absolute Gasteiger partial charge is 0.234 e. The highest BCUT2D eigenvalue weighted by Gasteiger charge is 2.12. The molecule has 0 bridgehead atoms. The van der Waals surface area contributed by atoms with Gasteiger partial charge in [0.05, 0.1) is 6.54 Å². The van der Waals surface area contributed by atoms with Crippen molar-refractivity contribution in [3.8, 4) is 0 Å². The second kappa shape index (κ2) is 9.45. The Morgan fingerprint density at radius 1 is 1.04 bits per heavy atom. The minimum atomic E-state index is 0.00876. The molecule has 0 fully saturated rings. The zero-order chi connectivity index (χ0) is 17.4. The van der Waals surface area contributed by atoms with Crippen LogP contribution >= 0.6 is 11.6 Å². The maximum absolute atomic E-state index is 12.1. The van der Waals surface area contributed by atoms with Crippen LogP contribution in [0.1, 0.15) is 37.4 Å². The Morgan fingerprint density at radius 2 is 1.71 bits per heavy atom. The molecule has 0 spiro atoms. The number of hydrogen-bond acceptors (Lipinski definition) is 2. The van der Waals surface area contributed by atoms with Crippen LogP contribution in [0.5, 0.6) is 0 Å². The molecule has 0 saturated heterocycles. The van der Waals surface area contributed by atoms with E-state index in [9.17, 15) is 4.79 Å². The summed E-state index contributed by atoms with van der Waals surface area (Å²) in [5, 5.41) is 6.98. The van der Waals surface area contributed by atoms with Gasteiger partial charge in [-0.25, -0.2) is 0 Å². The van der Waals surface area contributed by atoms with Crippen molar-refractivity contribution >= 4 is 17.5 Å². The van der Waals surface area contributed by atoms with Crippen LogP contribution in [-0.2, 0) is 11.2 Å². The molecule has 0 unspecified atom stereocenters. The van der Waals surface area contributed by atoms with Crippen LogP contribution in [0.3, 0.4) is 0 Å². The van der Waals surface area contributed by atoms with Gasteiger partial charge in [-0.2, -0.15) is 0 Å². The molecule has 2 N–H and O–H groups in total. The van der Waals surface area contributed by atoms with Gasteiger partial charge >= 0.3 is 0 Å². The highest BCUT2D eigenvalue weighted by molar-refractivity contribution is 6.31. The van der Waals surface area contributed by atoms with E-state index >= 15 is 0 Å². The van der Waals surface area contributed by atoms with Crippen molar-refractivity contribution in [2.45, 2.75) is 38.8 Å². The van der Waals surface area contributed by atoms with Gasteiger partial charge in [0, 0.05) is 17.1 Å². The third-order valence-electron chi connectivity index (χ3n) is 4.06. The molecule has 0 heterocycles. The van der Waals surface area contributed by atoms with E-state index in [0.29, 0.717) is 5.02 Å². The monoisotopic (exact) mass is 344 g/mol. The third-order valence-corrected chi connectivity index (χ3v) is 4.40. The van der Waals surface area contributed by atoms with Crippen LogP contribution in [-0.4, -0.2) is 18.5 Å². The maximum Gasteiger partial charge on any atom is 0.234 e. The van der Waals surface area contributed by atoms with Crippen LogP contribution in [0.25, 0.3) is 0 Å². The lowest BCUT2D eigenvalue weighted by Crippen LogP contribution is -2.39. The van der Waals surface area contributed by atoms with E-state index < -0.39 is 0 Å². The minimum Gasteiger partial charge on any atom is -0.353 e. The molecule has 0 aliphatic rings. The van der Waals surface area contributed by atoms with Crippen molar-refractivity contribution in [3.05, 3.63) is 70.7 Å². The number of rotatable bonds is 8. The van der Waals surface area contributed by atoms with E-state index in [2.05, 4.69) is 22.8 Å². The Kier molecular flexibility index (Phi) is 7.29. The summed E-state index contributed by atoms with van der Waals surface area (Å²) in [6.07, 6.45) is 1.89. The second-order valence-corrected chi connectivity index (χ2v) is 6.52. The summed E-state index contributed by atoms with van der Waals surface area (Å²) in [4.78, 5) is 12.1. The summed E-state index contributed by atoms with van der Waals surface area (Å²) < 4.78 is 0. The largest absolute Gasteiger partial charge is 0.353 e. The lowest BCUT2D eigenvalue weighted by atomic mass is 10.1. The third kappa shape index (κ3) is 5.99. The number of carbonyl (C=O) groups excluding carboxylic acids is 1. The Bertz CT molecular complexity index is 645. The Balaban J connectivity index is 1.71. The topological polar surface area (TPSA) is 41.1 Å². The highest BCUT2D eigenvalue weighted by Crippen LogP contribution is 2.21. The van der Waals surface area contributed by atoms with E-state index in [1.807, 2.05) is 56.3 Å². The van der Waals surface area contributed by atoms with E-state index in [0.717, 1.165) is 18.4 Å². The van der Waals surface area contributed by atoms with Crippen molar-refractivity contribution in [2.75, 3.05) is 6.54 Å². The van der Waals surface area contributed by atoms with Gasteiger partial charge in [0.2, 0.25) is 5.91 Å². The molecule has 128 valence electrons. The molecule has 3 nitrogen and oxygen atoms in total. The van der Waals surface area contributed by atoms with Gasteiger partial charge in [-0.1, -0.05) is 60.1 Å². The minimum absolute atomic E-state index is 0.00876. The number of nitrogens with one attached hydrogen (secondary N) is 2. The fourth-order valence-electron chi connectivity index (χ4n) is 2.61. The first-order valence-corrected chi connectivity index (χ1v) is 8.75. The molecule has 0 aliphatic carbocycles. The quantitative estimate of drug-likeness (QED) is 0.756. The van der Waals surface area contributed by atoms with Crippen LogP contribution < -0.4 is 10.6 Å². The zero-order valence-corrected chi connectivity index (χ0v) is 15.0. The van der Waals surface area contributed by atoms with Gasteiger partial charge in [0.25, 0.3) is 0 Å². The molecule has 2 aromatic rings. The van der Waals surface area contributed by atoms with Gasteiger partial charge in [-0.05, 0) is 43.9 Å². The summed E-state index contributed by atoms with van der Waals surface area (Å²) in [6, 6.07) is 18.2. The summed E-state index contributed by atoms with van der Waals surface area (Å²) in [5.41, 5.74) is 2.30. The molecule has 0 radical (unpaired) electrons. The van der Waals surface area contributed by atoms with E-state index in [4.69, 9.17) is 11.6 Å². The van der Waals surface area contributed by atoms with Gasteiger partial charge < -0.3 is 10.6 Å². The van der Waals surface area contributed by atoms with Crippen molar-refractivity contribution in [1.29, 1.82) is 0 Å². The number of benzene rings is 2. The van der Waals surface area contributed by atoms with Crippen molar-refractivity contribution in [1.82, 2.24) is 10.6 Å². The molecule has 2 aromatic carbocycles. The molecule has 0 saturated carbocycles. The average molecular weight is 345 g/mol.